The van der Waals surface area contributed by atoms with Crippen LogP contribution in [-0.4, -0.2) is 32.4 Å². The minimum absolute atomic E-state index is 0.0723. The lowest BCUT2D eigenvalue weighted by Gasteiger charge is -2.31. The first-order valence-corrected chi connectivity index (χ1v) is 11.5. The first-order chi connectivity index (χ1) is 16.5. The molecular weight excluding hydrogens is 453 g/mol. The van der Waals surface area contributed by atoms with Crippen LogP contribution >= 0.6 is 0 Å². The molecule has 182 valence electrons. The monoisotopic (exact) mass is 479 g/mol. The van der Waals surface area contributed by atoms with E-state index in [-0.39, 0.29) is 48.5 Å². The minimum Gasteiger partial charge on any atom is -0.458 e. The van der Waals surface area contributed by atoms with E-state index in [4.69, 9.17) is 14.6 Å². The van der Waals surface area contributed by atoms with Crippen molar-refractivity contribution in [2.45, 2.75) is 64.9 Å². The number of esters is 1. The first-order valence-electron chi connectivity index (χ1n) is 11.5. The Hall–Kier alpha value is -3.59. The molecule has 2 aliphatic heterocycles. The van der Waals surface area contributed by atoms with Crippen molar-refractivity contribution in [1.82, 2.24) is 9.55 Å². The predicted molar refractivity (Wildman–Crippen MR) is 128 cm³/mol. The highest BCUT2D eigenvalue weighted by atomic mass is 19.1. The molecule has 8 nitrogen and oxygen atoms in total. The highest BCUT2D eigenvalue weighted by Crippen LogP contribution is 2.39. The molecular formula is C26H26FN3O5. The molecule has 2 aliphatic rings. The molecule has 9 heteroatoms. The quantitative estimate of drug-likeness (QED) is 0.273. The standard InChI is InChI=1S/C26H26FN3O5/c1-5-26(33)18-11-21-22-14(12-30(21)23(31)17(18)13-34-24(26)32)10-16-15(8-9-28-35-25(2,3)4)19(27)6-7-20(16)29-22/h6-7,9-11,33H,5,8,12-13H2,1-4H3. The summed E-state index contributed by atoms with van der Waals surface area (Å²) in [5, 5.41) is 15.6. The van der Waals surface area contributed by atoms with Gasteiger partial charge >= 0.3 is 5.97 Å². The van der Waals surface area contributed by atoms with E-state index in [0.29, 0.717) is 27.9 Å². The number of aliphatic hydroxyl groups is 1. The van der Waals surface area contributed by atoms with Crippen LogP contribution in [0.5, 0.6) is 0 Å². The van der Waals surface area contributed by atoms with E-state index in [2.05, 4.69) is 5.16 Å². The predicted octanol–water partition coefficient (Wildman–Crippen LogP) is 3.56. The van der Waals surface area contributed by atoms with Crippen molar-refractivity contribution in [3.63, 3.8) is 0 Å². The second-order valence-corrected chi connectivity index (χ2v) is 9.89. The van der Waals surface area contributed by atoms with Gasteiger partial charge in [-0.3, -0.25) is 4.79 Å². The number of rotatable bonds is 4. The normalized spacial score (nSPS) is 19.0. The van der Waals surface area contributed by atoms with Gasteiger partial charge in [0.2, 0.25) is 0 Å². The van der Waals surface area contributed by atoms with Crippen LogP contribution in [0, 0.1) is 5.82 Å². The smallest absolute Gasteiger partial charge is 0.343 e. The average molecular weight is 480 g/mol. The fourth-order valence-corrected chi connectivity index (χ4v) is 4.62. The van der Waals surface area contributed by atoms with Gasteiger partial charge in [0.05, 0.1) is 29.0 Å². The molecule has 2 aromatic heterocycles. The molecule has 1 N–H and O–H groups in total. The second kappa shape index (κ2) is 7.98. The van der Waals surface area contributed by atoms with E-state index in [1.165, 1.54) is 12.3 Å². The van der Waals surface area contributed by atoms with Crippen LogP contribution in [0.4, 0.5) is 4.39 Å². The largest absolute Gasteiger partial charge is 0.458 e. The number of hydrogen-bond donors (Lipinski definition) is 1. The molecule has 0 saturated heterocycles. The van der Waals surface area contributed by atoms with Gasteiger partial charge in [0.25, 0.3) is 5.56 Å². The fourth-order valence-electron chi connectivity index (χ4n) is 4.62. The van der Waals surface area contributed by atoms with Crippen molar-refractivity contribution < 1.29 is 23.9 Å². The van der Waals surface area contributed by atoms with Gasteiger partial charge in [0.1, 0.15) is 18.0 Å². The molecule has 0 amide bonds. The Morgan fingerprint density at radius 2 is 2.09 bits per heavy atom. The molecule has 0 fully saturated rings. The van der Waals surface area contributed by atoms with Crippen LogP contribution in [0.2, 0.25) is 0 Å². The van der Waals surface area contributed by atoms with Gasteiger partial charge in [-0.05, 0) is 51.5 Å². The number of carbonyl (C=O) groups excluding carboxylic acids is 1. The van der Waals surface area contributed by atoms with E-state index in [1.54, 1.807) is 23.6 Å². The number of fused-ring (bicyclic) bond motifs is 5. The van der Waals surface area contributed by atoms with Crippen molar-refractivity contribution in [2.75, 3.05) is 0 Å². The highest BCUT2D eigenvalue weighted by Gasteiger charge is 2.45. The summed E-state index contributed by atoms with van der Waals surface area (Å²) >= 11 is 0. The molecule has 0 saturated carbocycles. The van der Waals surface area contributed by atoms with Crippen molar-refractivity contribution in [3.05, 3.63) is 62.7 Å². The number of aromatic nitrogens is 2. The zero-order valence-electron chi connectivity index (χ0n) is 20.0. The van der Waals surface area contributed by atoms with Crippen molar-refractivity contribution in [1.29, 1.82) is 0 Å². The van der Waals surface area contributed by atoms with Gasteiger partial charge in [-0.1, -0.05) is 12.1 Å². The summed E-state index contributed by atoms with van der Waals surface area (Å²) in [4.78, 5) is 35.7. The number of ether oxygens (including phenoxy) is 1. The number of hydrogen-bond acceptors (Lipinski definition) is 7. The van der Waals surface area contributed by atoms with Crippen molar-refractivity contribution in [3.8, 4) is 11.4 Å². The molecule has 0 aliphatic carbocycles. The zero-order chi connectivity index (χ0) is 25.1. The summed E-state index contributed by atoms with van der Waals surface area (Å²) in [6.07, 6.45) is 1.80. The van der Waals surface area contributed by atoms with E-state index in [0.717, 1.165) is 5.56 Å². The van der Waals surface area contributed by atoms with Crippen LogP contribution < -0.4 is 5.56 Å². The van der Waals surface area contributed by atoms with Crippen LogP contribution in [0.25, 0.3) is 22.3 Å². The van der Waals surface area contributed by atoms with E-state index in [9.17, 15) is 19.1 Å². The van der Waals surface area contributed by atoms with Crippen molar-refractivity contribution >= 4 is 23.1 Å². The number of oxime groups is 1. The molecule has 0 spiro atoms. The van der Waals surface area contributed by atoms with E-state index >= 15 is 0 Å². The Morgan fingerprint density at radius 1 is 1.31 bits per heavy atom. The molecule has 0 bridgehead atoms. The molecule has 1 atom stereocenters. The van der Waals surface area contributed by atoms with Crippen molar-refractivity contribution in [2.24, 2.45) is 5.16 Å². The average Bonchev–Trinajstić information content (AvgIpc) is 3.16. The number of pyridine rings is 2. The summed E-state index contributed by atoms with van der Waals surface area (Å²) in [7, 11) is 0. The van der Waals surface area contributed by atoms with Crippen LogP contribution in [0.1, 0.15) is 56.4 Å². The number of cyclic esters (lactones) is 1. The first kappa shape index (κ1) is 23.2. The van der Waals surface area contributed by atoms with Crippen LogP contribution in [0.15, 0.2) is 34.2 Å². The summed E-state index contributed by atoms with van der Waals surface area (Å²) in [5.41, 5.74) is 0.677. The number of nitrogens with zero attached hydrogens (tertiary/aromatic N) is 3. The Bertz CT molecular complexity index is 1470. The SMILES string of the molecule is CCC1(O)C(=O)OCc2c1cc1n(c2=O)Cc2cc3c(CC=NOC(C)(C)C)c(F)ccc3nc2-1. The Morgan fingerprint density at radius 3 is 2.80 bits per heavy atom. The summed E-state index contributed by atoms with van der Waals surface area (Å²) in [6.45, 7) is 7.33. The Kier molecular flexibility index (Phi) is 5.28. The second-order valence-electron chi connectivity index (χ2n) is 9.89. The minimum atomic E-state index is -1.88. The Labute approximate surface area is 201 Å². The van der Waals surface area contributed by atoms with Crippen LogP contribution in [0.3, 0.4) is 0 Å². The lowest BCUT2D eigenvalue weighted by molar-refractivity contribution is -0.172. The van der Waals surface area contributed by atoms with Crippen LogP contribution in [-0.2, 0) is 39.5 Å². The molecule has 5 rings (SSSR count). The maximum atomic E-state index is 14.8. The molecule has 3 aromatic rings. The van der Waals surface area contributed by atoms with Gasteiger partial charge in [-0.2, -0.15) is 0 Å². The van der Waals surface area contributed by atoms with E-state index in [1.807, 2.05) is 26.8 Å². The number of halogens is 1. The highest BCUT2D eigenvalue weighted by molar-refractivity contribution is 5.89. The fraction of sp³-hybridized carbons (Fsp3) is 0.385. The summed E-state index contributed by atoms with van der Waals surface area (Å²) in [5.74, 6) is -1.15. The third-order valence-corrected chi connectivity index (χ3v) is 6.44. The van der Waals surface area contributed by atoms with E-state index < -0.39 is 17.2 Å². The lowest BCUT2D eigenvalue weighted by Crippen LogP contribution is -2.44. The maximum absolute atomic E-state index is 14.8. The molecule has 1 unspecified atom stereocenters. The summed E-state index contributed by atoms with van der Waals surface area (Å²) < 4.78 is 21.4. The van der Waals surface area contributed by atoms with Gasteiger partial charge in [0.15, 0.2) is 5.60 Å². The lowest BCUT2D eigenvalue weighted by atomic mass is 9.86. The maximum Gasteiger partial charge on any atom is 0.343 e. The third kappa shape index (κ3) is 3.70. The third-order valence-electron chi connectivity index (χ3n) is 6.44. The van der Waals surface area contributed by atoms with Gasteiger partial charge in [-0.15, -0.1) is 0 Å². The number of benzene rings is 1. The zero-order valence-corrected chi connectivity index (χ0v) is 20.0. The van der Waals surface area contributed by atoms with Gasteiger partial charge < -0.3 is 19.2 Å². The molecule has 1 aromatic carbocycles. The topological polar surface area (TPSA) is 103 Å². The van der Waals surface area contributed by atoms with Gasteiger partial charge in [0, 0.05) is 34.7 Å². The molecule has 35 heavy (non-hydrogen) atoms. The summed E-state index contributed by atoms with van der Waals surface area (Å²) in [6, 6.07) is 6.45. The van der Waals surface area contributed by atoms with Gasteiger partial charge in [-0.25, -0.2) is 14.2 Å². The Balaban J connectivity index is 1.61. The molecule has 0 radical (unpaired) electrons. The molecule has 4 heterocycles. The number of carbonyl (C=O) groups is 1.